The molecule has 1 aliphatic carbocycles. The summed E-state index contributed by atoms with van der Waals surface area (Å²) in [4.78, 5) is 5.12. The lowest BCUT2D eigenvalue weighted by Gasteiger charge is -2.37. The first-order valence-corrected chi connectivity index (χ1v) is 11.3. The minimum atomic E-state index is 0.395. The van der Waals surface area contributed by atoms with Crippen LogP contribution in [0.2, 0.25) is 0 Å². The van der Waals surface area contributed by atoms with Crippen molar-refractivity contribution in [3.63, 3.8) is 0 Å². The Morgan fingerprint density at radius 1 is 1.03 bits per heavy atom. The molecule has 1 aliphatic heterocycles. The van der Waals surface area contributed by atoms with E-state index in [1.807, 2.05) is 12.1 Å². The summed E-state index contributed by atoms with van der Waals surface area (Å²) in [6.45, 7) is 8.03. The topological polar surface area (TPSA) is 38.7 Å². The van der Waals surface area contributed by atoms with Gasteiger partial charge in [0.05, 0.1) is 0 Å². The molecule has 0 amide bonds. The number of para-hydroxylation sites is 1. The number of phenolic OH excluding ortho intramolecular Hbond substituents is 1. The van der Waals surface area contributed by atoms with Crippen molar-refractivity contribution in [2.75, 3.05) is 37.6 Å². The standard InChI is InChI=1S/C25H35N3O/c1-2-22(26-23-10-8-20-9-11-25(29)19-21(20)18-23)12-13-27-14-16-28(17-15-27)24-6-4-3-5-7-24/h3-7,9,11,19,22-23,26,29H,2,8,10,12-18H2,1H3. The number of aromatic hydroxyl groups is 1. The molecule has 0 bridgehead atoms. The normalized spacial score (nSPS) is 21.0. The number of hydrogen-bond donors (Lipinski definition) is 2. The molecule has 4 heteroatoms. The molecule has 0 saturated carbocycles. The smallest absolute Gasteiger partial charge is 0.115 e. The van der Waals surface area contributed by atoms with Crippen molar-refractivity contribution < 1.29 is 5.11 Å². The zero-order valence-corrected chi connectivity index (χ0v) is 17.7. The number of nitrogens with zero attached hydrogens (tertiary/aromatic N) is 2. The van der Waals surface area contributed by atoms with E-state index in [9.17, 15) is 5.11 Å². The summed E-state index contributed by atoms with van der Waals surface area (Å²) in [7, 11) is 0. The quantitative estimate of drug-likeness (QED) is 0.750. The maximum Gasteiger partial charge on any atom is 0.115 e. The highest BCUT2D eigenvalue weighted by atomic mass is 16.3. The number of hydrogen-bond acceptors (Lipinski definition) is 4. The summed E-state index contributed by atoms with van der Waals surface area (Å²) in [5.41, 5.74) is 4.08. The van der Waals surface area contributed by atoms with Gasteiger partial charge in [-0.15, -0.1) is 0 Å². The lowest BCUT2D eigenvalue weighted by molar-refractivity contribution is 0.235. The van der Waals surface area contributed by atoms with Crippen molar-refractivity contribution in [2.45, 2.75) is 51.1 Å². The van der Waals surface area contributed by atoms with Crippen molar-refractivity contribution in [3.8, 4) is 5.75 Å². The predicted octanol–water partition coefficient (Wildman–Crippen LogP) is 3.83. The monoisotopic (exact) mass is 393 g/mol. The summed E-state index contributed by atoms with van der Waals surface area (Å²) in [5, 5.41) is 13.7. The fourth-order valence-corrected chi connectivity index (χ4v) is 4.83. The van der Waals surface area contributed by atoms with Gasteiger partial charge >= 0.3 is 0 Å². The van der Waals surface area contributed by atoms with E-state index in [4.69, 9.17) is 0 Å². The van der Waals surface area contributed by atoms with Crippen molar-refractivity contribution in [3.05, 3.63) is 59.7 Å². The van der Waals surface area contributed by atoms with E-state index >= 15 is 0 Å². The van der Waals surface area contributed by atoms with Crippen LogP contribution in [0.15, 0.2) is 48.5 Å². The largest absolute Gasteiger partial charge is 0.508 e. The highest BCUT2D eigenvalue weighted by Crippen LogP contribution is 2.25. The molecule has 1 heterocycles. The Morgan fingerprint density at radius 3 is 2.59 bits per heavy atom. The summed E-state index contributed by atoms with van der Waals surface area (Å²) < 4.78 is 0. The van der Waals surface area contributed by atoms with Gasteiger partial charge in [-0.1, -0.05) is 31.2 Å². The molecule has 4 rings (SSSR count). The van der Waals surface area contributed by atoms with Crippen LogP contribution in [-0.4, -0.2) is 54.8 Å². The Bertz CT molecular complexity index is 771. The van der Waals surface area contributed by atoms with Crippen molar-refractivity contribution >= 4 is 5.69 Å². The van der Waals surface area contributed by atoms with Gasteiger partial charge in [0, 0.05) is 44.0 Å². The second-order valence-corrected chi connectivity index (χ2v) is 8.62. The number of rotatable bonds is 7. The van der Waals surface area contributed by atoms with Gasteiger partial charge in [-0.05, 0) is 74.0 Å². The van der Waals surface area contributed by atoms with Crippen LogP contribution in [0.25, 0.3) is 0 Å². The van der Waals surface area contributed by atoms with Crippen molar-refractivity contribution in [1.82, 2.24) is 10.2 Å². The molecule has 29 heavy (non-hydrogen) atoms. The number of nitrogens with one attached hydrogen (secondary N) is 1. The molecular weight excluding hydrogens is 358 g/mol. The Labute approximate surface area is 175 Å². The maximum absolute atomic E-state index is 9.79. The Morgan fingerprint density at radius 2 is 1.83 bits per heavy atom. The summed E-state index contributed by atoms with van der Waals surface area (Å²) in [6, 6.07) is 17.8. The second kappa shape index (κ2) is 9.64. The van der Waals surface area contributed by atoms with E-state index in [0.29, 0.717) is 17.8 Å². The molecular formula is C25H35N3O. The Kier molecular flexibility index (Phi) is 6.73. The van der Waals surface area contributed by atoms with Crippen LogP contribution in [0.4, 0.5) is 5.69 Å². The molecule has 1 fully saturated rings. The fourth-order valence-electron chi connectivity index (χ4n) is 4.83. The van der Waals surface area contributed by atoms with Crippen LogP contribution in [-0.2, 0) is 12.8 Å². The van der Waals surface area contributed by atoms with E-state index in [1.54, 1.807) is 0 Å². The van der Waals surface area contributed by atoms with E-state index < -0.39 is 0 Å². The maximum atomic E-state index is 9.79. The number of aryl methyl sites for hydroxylation is 1. The molecule has 156 valence electrons. The zero-order chi connectivity index (χ0) is 20.1. The molecule has 4 nitrogen and oxygen atoms in total. The van der Waals surface area contributed by atoms with Gasteiger partial charge in [0.15, 0.2) is 0 Å². The van der Waals surface area contributed by atoms with Gasteiger partial charge in [0.2, 0.25) is 0 Å². The van der Waals surface area contributed by atoms with E-state index in [2.05, 4.69) is 58.4 Å². The highest BCUT2D eigenvalue weighted by Gasteiger charge is 2.22. The van der Waals surface area contributed by atoms with Crippen LogP contribution < -0.4 is 10.2 Å². The van der Waals surface area contributed by atoms with Gasteiger partial charge in [-0.25, -0.2) is 0 Å². The lowest BCUT2D eigenvalue weighted by Crippen LogP contribution is -2.48. The van der Waals surface area contributed by atoms with E-state index in [0.717, 1.165) is 39.0 Å². The van der Waals surface area contributed by atoms with Gasteiger partial charge in [0.1, 0.15) is 5.75 Å². The Hall–Kier alpha value is -2.04. The minimum absolute atomic E-state index is 0.395. The van der Waals surface area contributed by atoms with Crippen LogP contribution in [0.5, 0.6) is 5.75 Å². The first kappa shape index (κ1) is 20.2. The molecule has 2 atom stereocenters. The molecule has 0 aromatic heterocycles. The first-order valence-electron chi connectivity index (χ1n) is 11.3. The molecule has 2 unspecified atom stereocenters. The molecule has 0 radical (unpaired) electrons. The van der Waals surface area contributed by atoms with Gasteiger partial charge in [0.25, 0.3) is 0 Å². The molecule has 2 N–H and O–H groups in total. The van der Waals surface area contributed by atoms with Gasteiger partial charge < -0.3 is 15.3 Å². The minimum Gasteiger partial charge on any atom is -0.508 e. The van der Waals surface area contributed by atoms with Crippen molar-refractivity contribution in [2.24, 2.45) is 0 Å². The third kappa shape index (κ3) is 5.31. The van der Waals surface area contributed by atoms with Crippen molar-refractivity contribution in [1.29, 1.82) is 0 Å². The predicted molar refractivity (Wildman–Crippen MR) is 121 cm³/mol. The van der Waals surface area contributed by atoms with Gasteiger partial charge in [-0.2, -0.15) is 0 Å². The second-order valence-electron chi connectivity index (χ2n) is 8.62. The number of piperazine rings is 1. The van der Waals surface area contributed by atoms with E-state index in [1.165, 1.54) is 42.6 Å². The SMILES string of the molecule is CCC(CCN1CCN(c2ccccc2)CC1)NC1CCc2ccc(O)cc2C1. The average molecular weight is 394 g/mol. The average Bonchev–Trinajstić information content (AvgIpc) is 2.77. The molecule has 2 aromatic carbocycles. The van der Waals surface area contributed by atoms with Crippen LogP contribution >= 0.6 is 0 Å². The zero-order valence-electron chi connectivity index (χ0n) is 17.7. The van der Waals surface area contributed by atoms with Gasteiger partial charge in [-0.3, -0.25) is 4.90 Å². The van der Waals surface area contributed by atoms with E-state index in [-0.39, 0.29) is 0 Å². The first-order chi connectivity index (χ1) is 14.2. The third-order valence-electron chi connectivity index (χ3n) is 6.67. The summed E-state index contributed by atoms with van der Waals surface area (Å²) >= 11 is 0. The highest BCUT2D eigenvalue weighted by molar-refractivity contribution is 5.46. The number of anilines is 1. The summed E-state index contributed by atoms with van der Waals surface area (Å²) in [5.74, 6) is 0.395. The molecule has 2 aliphatic rings. The molecule has 2 aromatic rings. The van der Waals surface area contributed by atoms with Crippen LogP contribution in [0.3, 0.4) is 0 Å². The third-order valence-corrected chi connectivity index (χ3v) is 6.67. The molecule has 1 saturated heterocycles. The fraction of sp³-hybridized carbons (Fsp3) is 0.520. The lowest BCUT2D eigenvalue weighted by atomic mass is 9.87. The van der Waals surface area contributed by atoms with Crippen LogP contribution in [0.1, 0.15) is 37.3 Å². The number of benzene rings is 2. The van der Waals surface area contributed by atoms with Crippen LogP contribution in [0, 0.1) is 0 Å². The number of fused-ring (bicyclic) bond motifs is 1. The summed E-state index contributed by atoms with van der Waals surface area (Å²) in [6.07, 6.45) is 5.74. The number of phenols is 1. The Balaban J connectivity index is 1.22. The molecule has 0 spiro atoms.